The summed E-state index contributed by atoms with van der Waals surface area (Å²) in [6, 6.07) is 7.66. The molecule has 1 amide bonds. The molecule has 0 spiro atoms. The van der Waals surface area contributed by atoms with E-state index >= 15 is 0 Å². The Bertz CT molecular complexity index is 364. The number of nitrogens with one attached hydrogen (secondary N) is 1. The van der Waals surface area contributed by atoms with Crippen LogP contribution in [-0.2, 0) is 4.79 Å². The summed E-state index contributed by atoms with van der Waals surface area (Å²) in [5.74, 6) is 0.408. The SMILES string of the molecule is CC(C)C(NC(=O)CCBr)c1ccc(Cl)cc1. The summed E-state index contributed by atoms with van der Waals surface area (Å²) in [4.78, 5) is 11.6. The van der Waals surface area contributed by atoms with E-state index in [2.05, 4.69) is 35.1 Å². The van der Waals surface area contributed by atoms with E-state index < -0.39 is 0 Å². The van der Waals surface area contributed by atoms with Gasteiger partial charge in [0, 0.05) is 16.8 Å². The standard InChI is InChI=1S/C13H17BrClNO/c1-9(2)13(16-12(17)7-8-14)10-3-5-11(15)6-4-10/h3-6,9,13H,7-8H2,1-2H3,(H,16,17). The molecule has 0 heterocycles. The molecule has 1 unspecified atom stereocenters. The molecule has 1 aromatic rings. The Labute approximate surface area is 116 Å². The van der Waals surface area contributed by atoms with Gasteiger partial charge in [-0.25, -0.2) is 0 Å². The second-order valence-electron chi connectivity index (χ2n) is 4.28. The van der Waals surface area contributed by atoms with Crippen molar-refractivity contribution in [2.45, 2.75) is 26.3 Å². The molecule has 1 rings (SSSR count). The van der Waals surface area contributed by atoms with Gasteiger partial charge < -0.3 is 5.32 Å². The van der Waals surface area contributed by atoms with Crippen molar-refractivity contribution in [3.8, 4) is 0 Å². The number of rotatable bonds is 5. The van der Waals surface area contributed by atoms with Crippen LogP contribution in [0.1, 0.15) is 31.9 Å². The van der Waals surface area contributed by atoms with Crippen molar-refractivity contribution in [1.82, 2.24) is 5.32 Å². The highest BCUT2D eigenvalue weighted by Gasteiger charge is 2.17. The lowest BCUT2D eigenvalue weighted by molar-refractivity contribution is -0.121. The van der Waals surface area contributed by atoms with Gasteiger partial charge >= 0.3 is 0 Å². The first-order valence-electron chi connectivity index (χ1n) is 5.65. The molecule has 1 aromatic carbocycles. The molecule has 4 heteroatoms. The predicted octanol–water partition coefficient (Wildman–Crippen LogP) is 3.94. The monoisotopic (exact) mass is 317 g/mol. The number of hydrogen-bond acceptors (Lipinski definition) is 1. The van der Waals surface area contributed by atoms with Gasteiger partial charge in [0.25, 0.3) is 0 Å². The van der Waals surface area contributed by atoms with Gasteiger partial charge in [0.1, 0.15) is 0 Å². The Morgan fingerprint density at radius 1 is 1.35 bits per heavy atom. The van der Waals surface area contributed by atoms with Crippen LogP contribution in [0.5, 0.6) is 0 Å². The molecule has 0 aromatic heterocycles. The Hall–Kier alpha value is -0.540. The average molecular weight is 319 g/mol. The predicted molar refractivity (Wildman–Crippen MR) is 75.6 cm³/mol. The van der Waals surface area contributed by atoms with E-state index in [-0.39, 0.29) is 11.9 Å². The summed E-state index contributed by atoms with van der Waals surface area (Å²) in [5.41, 5.74) is 1.09. The van der Waals surface area contributed by atoms with Gasteiger partial charge in [0.15, 0.2) is 0 Å². The highest BCUT2D eigenvalue weighted by molar-refractivity contribution is 9.09. The molecule has 0 aliphatic carbocycles. The van der Waals surface area contributed by atoms with Crippen LogP contribution in [-0.4, -0.2) is 11.2 Å². The van der Waals surface area contributed by atoms with Crippen LogP contribution < -0.4 is 5.32 Å². The number of halogens is 2. The second kappa shape index (κ2) is 7.02. The van der Waals surface area contributed by atoms with E-state index in [1.807, 2.05) is 24.3 Å². The third-order valence-electron chi connectivity index (χ3n) is 2.53. The summed E-state index contributed by atoms with van der Waals surface area (Å²) in [6.07, 6.45) is 0.497. The van der Waals surface area contributed by atoms with E-state index in [1.165, 1.54) is 0 Å². The molecule has 1 atom stereocenters. The third kappa shape index (κ3) is 4.68. The second-order valence-corrected chi connectivity index (χ2v) is 5.51. The maximum Gasteiger partial charge on any atom is 0.221 e. The van der Waals surface area contributed by atoms with Gasteiger partial charge in [-0.1, -0.05) is 53.5 Å². The summed E-state index contributed by atoms with van der Waals surface area (Å²) >= 11 is 9.12. The topological polar surface area (TPSA) is 29.1 Å². The lowest BCUT2D eigenvalue weighted by atomic mass is 9.96. The summed E-state index contributed by atoms with van der Waals surface area (Å²) in [6.45, 7) is 4.18. The maximum absolute atomic E-state index is 11.6. The number of amides is 1. The van der Waals surface area contributed by atoms with E-state index in [0.29, 0.717) is 22.7 Å². The van der Waals surface area contributed by atoms with Gasteiger partial charge in [0.05, 0.1) is 6.04 Å². The van der Waals surface area contributed by atoms with Crippen molar-refractivity contribution in [3.05, 3.63) is 34.9 Å². The van der Waals surface area contributed by atoms with Crippen molar-refractivity contribution in [2.24, 2.45) is 5.92 Å². The largest absolute Gasteiger partial charge is 0.349 e. The van der Waals surface area contributed by atoms with Crippen molar-refractivity contribution in [1.29, 1.82) is 0 Å². The zero-order valence-electron chi connectivity index (χ0n) is 10.0. The van der Waals surface area contributed by atoms with E-state index in [4.69, 9.17) is 11.6 Å². The zero-order valence-corrected chi connectivity index (χ0v) is 12.4. The lowest BCUT2D eigenvalue weighted by Crippen LogP contribution is -2.31. The summed E-state index contributed by atoms with van der Waals surface area (Å²) < 4.78 is 0. The van der Waals surface area contributed by atoms with E-state index in [1.54, 1.807) is 0 Å². The number of alkyl halides is 1. The van der Waals surface area contributed by atoms with Gasteiger partial charge in [-0.2, -0.15) is 0 Å². The summed E-state index contributed by atoms with van der Waals surface area (Å²) in [7, 11) is 0. The fourth-order valence-corrected chi connectivity index (χ4v) is 2.12. The van der Waals surface area contributed by atoms with Crippen molar-refractivity contribution < 1.29 is 4.79 Å². The minimum atomic E-state index is 0.0406. The number of hydrogen-bond donors (Lipinski definition) is 1. The van der Waals surface area contributed by atoms with Crippen molar-refractivity contribution >= 4 is 33.4 Å². The van der Waals surface area contributed by atoms with Crippen LogP contribution >= 0.6 is 27.5 Å². The fourth-order valence-electron chi connectivity index (χ4n) is 1.64. The first-order chi connectivity index (χ1) is 8.04. The van der Waals surface area contributed by atoms with Gasteiger partial charge in [-0.3, -0.25) is 4.79 Å². The minimum Gasteiger partial charge on any atom is -0.349 e. The van der Waals surface area contributed by atoms with Crippen molar-refractivity contribution in [2.75, 3.05) is 5.33 Å². The molecule has 0 fully saturated rings. The molecule has 94 valence electrons. The van der Waals surface area contributed by atoms with Gasteiger partial charge in [0.2, 0.25) is 5.91 Å². The molecular formula is C13H17BrClNO. The van der Waals surface area contributed by atoms with E-state index in [0.717, 1.165) is 5.56 Å². The molecular weight excluding hydrogens is 302 g/mol. The first-order valence-corrected chi connectivity index (χ1v) is 7.15. The fraction of sp³-hybridized carbons (Fsp3) is 0.462. The molecule has 0 aliphatic heterocycles. The maximum atomic E-state index is 11.6. The smallest absolute Gasteiger partial charge is 0.221 e. The number of carbonyl (C=O) groups excluding carboxylic acids is 1. The average Bonchev–Trinajstić information content (AvgIpc) is 2.27. The molecule has 0 aliphatic rings. The molecule has 1 N–H and O–H groups in total. The van der Waals surface area contributed by atoms with Crippen molar-refractivity contribution in [3.63, 3.8) is 0 Å². The Morgan fingerprint density at radius 2 is 1.94 bits per heavy atom. The Morgan fingerprint density at radius 3 is 2.41 bits per heavy atom. The highest BCUT2D eigenvalue weighted by atomic mass is 79.9. The molecule has 0 radical (unpaired) electrons. The normalized spacial score (nSPS) is 12.5. The number of benzene rings is 1. The van der Waals surface area contributed by atoms with Crippen LogP contribution in [0.25, 0.3) is 0 Å². The Balaban J connectivity index is 2.79. The molecule has 0 saturated heterocycles. The van der Waals surface area contributed by atoms with Crippen LogP contribution in [0, 0.1) is 5.92 Å². The molecule has 0 saturated carbocycles. The van der Waals surface area contributed by atoms with Gasteiger partial charge in [-0.15, -0.1) is 0 Å². The quantitative estimate of drug-likeness (QED) is 0.819. The first kappa shape index (κ1) is 14.5. The minimum absolute atomic E-state index is 0.0406. The van der Waals surface area contributed by atoms with Gasteiger partial charge in [-0.05, 0) is 23.6 Å². The number of carbonyl (C=O) groups is 1. The summed E-state index contributed by atoms with van der Waals surface area (Å²) in [5, 5.41) is 4.44. The lowest BCUT2D eigenvalue weighted by Gasteiger charge is -2.23. The highest BCUT2D eigenvalue weighted by Crippen LogP contribution is 2.23. The van der Waals surface area contributed by atoms with Crippen LogP contribution in [0.3, 0.4) is 0 Å². The van der Waals surface area contributed by atoms with Crippen LogP contribution in [0.4, 0.5) is 0 Å². The Kier molecular flexibility index (Phi) is 6.00. The molecule has 2 nitrogen and oxygen atoms in total. The van der Waals surface area contributed by atoms with Crippen LogP contribution in [0.15, 0.2) is 24.3 Å². The molecule has 17 heavy (non-hydrogen) atoms. The molecule has 0 bridgehead atoms. The van der Waals surface area contributed by atoms with E-state index in [9.17, 15) is 4.79 Å². The zero-order chi connectivity index (χ0) is 12.8. The third-order valence-corrected chi connectivity index (χ3v) is 3.18. The van der Waals surface area contributed by atoms with Crippen LogP contribution in [0.2, 0.25) is 5.02 Å².